The lowest BCUT2D eigenvalue weighted by Gasteiger charge is -2.35. The van der Waals surface area contributed by atoms with E-state index in [9.17, 15) is 9.59 Å². The number of rotatable bonds is 6. The number of hydrogen-bond acceptors (Lipinski definition) is 3. The standard InChI is InChI=1S/C21H33N3O2/c1-15-10-9-13-19(16(15)2)22-20(25)14-23(4)17(3)21(26)24(5)18-11-7-6-8-12-18/h9-10,13,17-18H,6-8,11-12,14H2,1-5H3,(H,22,25)/t17-/m1/s1. The van der Waals surface area contributed by atoms with E-state index in [0.29, 0.717) is 6.04 Å². The summed E-state index contributed by atoms with van der Waals surface area (Å²) >= 11 is 0. The zero-order valence-electron chi connectivity index (χ0n) is 16.8. The van der Waals surface area contributed by atoms with Crippen LogP contribution in [0.25, 0.3) is 0 Å². The summed E-state index contributed by atoms with van der Waals surface area (Å²) in [6.45, 7) is 6.10. The fourth-order valence-electron chi connectivity index (χ4n) is 3.57. The van der Waals surface area contributed by atoms with Gasteiger partial charge < -0.3 is 10.2 Å². The van der Waals surface area contributed by atoms with Crippen LogP contribution in [0.15, 0.2) is 18.2 Å². The van der Waals surface area contributed by atoms with Gasteiger partial charge in [0.1, 0.15) is 0 Å². The molecule has 1 aromatic rings. The lowest BCUT2D eigenvalue weighted by Crippen LogP contribution is -2.49. The van der Waals surface area contributed by atoms with Gasteiger partial charge in [-0.3, -0.25) is 14.5 Å². The van der Waals surface area contributed by atoms with E-state index in [0.717, 1.165) is 29.7 Å². The molecule has 26 heavy (non-hydrogen) atoms. The molecule has 0 aliphatic heterocycles. The molecule has 5 nitrogen and oxygen atoms in total. The van der Waals surface area contributed by atoms with Crippen molar-refractivity contribution in [2.24, 2.45) is 0 Å². The average molecular weight is 360 g/mol. The van der Waals surface area contributed by atoms with Crippen molar-refractivity contribution in [2.75, 3.05) is 26.0 Å². The number of carbonyl (C=O) groups excluding carboxylic acids is 2. The van der Waals surface area contributed by atoms with Crippen LogP contribution < -0.4 is 5.32 Å². The second kappa shape index (κ2) is 9.17. The first-order valence-electron chi connectivity index (χ1n) is 9.64. The topological polar surface area (TPSA) is 52.7 Å². The number of hydrogen-bond donors (Lipinski definition) is 1. The molecule has 0 heterocycles. The molecule has 0 unspecified atom stereocenters. The maximum atomic E-state index is 12.8. The predicted octanol–water partition coefficient (Wildman–Crippen LogP) is 3.35. The molecule has 0 spiro atoms. The molecule has 0 radical (unpaired) electrons. The third kappa shape index (κ3) is 5.07. The van der Waals surface area contributed by atoms with Gasteiger partial charge in [-0.25, -0.2) is 0 Å². The number of anilines is 1. The summed E-state index contributed by atoms with van der Waals surface area (Å²) in [7, 11) is 3.73. The Balaban J connectivity index is 1.90. The second-order valence-electron chi connectivity index (χ2n) is 7.63. The first-order valence-corrected chi connectivity index (χ1v) is 9.64. The maximum absolute atomic E-state index is 12.8. The highest BCUT2D eigenvalue weighted by Gasteiger charge is 2.28. The number of nitrogens with zero attached hydrogens (tertiary/aromatic N) is 2. The Morgan fingerprint density at radius 3 is 2.46 bits per heavy atom. The zero-order chi connectivity index (χ0) is 19.3. The Kier molecular flexibility index (Phi) is 7.21. The third-order valence-corrected chi connectivity index (χ3v) is 5.76. The summed E-state index contributed by atoms with van der Waals surface area (Å²) in [5.74, 6) is 0.0000977. The van der Waals surface area contributed by atoms with Gasteiger partial charge >= 0.3 is 0 Å². The second-order valence-corrected chi connectivity index (χ2v) is 7.63. The molecule has 1 saturated carbocycles. The van der Waals surface area contributed by atoms with Crippen LogP contribution in [0.3, 0.4) is 0 Å². The molecule has 1 aromatic carbocycles. The Morgan fingerprint density at radius 2 is 1.81 bits per heavy atom. The molecular formula is C21H33N3O2. The van der Waals surface area contributed by atoms with Gasteiger partial charge in [-0.2, -0.15) is 0 Å². The number of amides is 2. The smallest absolute Gasteiger partial charge is 0.239 e. The lowest BCUT2D eigenvalue weighted by molar-refractivity contribution is -0.137. The van der Waals surface area contributed by atoms with Crippen LogP contribution in [0.5, 0.6) is 0 Å². The van der Waals surface area contributed by atoms with Gasteiger partial charge in [0, 0.05) is 18.8 Å². The van der Waals surface area contributed by atoms with Gasteiger partial charge in [0.05, 0.1) is 12.6 Å². The van der Waals surface area contributed by atoms with E-state index >= 15 is 0 Å². The highest BCUT2D eigenvalue weighted by molar-refractivity contribution is 5.93. The highest BCUT2D eigenvalue weighted by Crippen LogP contribution is 2.22. The van der Waals surface area contributed by atoms with Gasteiger partial charge in [0.25, 0.3) is 0 Å². The number of aryl methyl sites for hydroxylation is 1. The Morgan fingerprint density at radius 1 is 1.15 bits per heavy atom. The van der Waals surface area contributed by atoms with E-state index in [1.165, 1.54) is 19.3 Å². The van der Waals surface area contributed by atoms with Crippen molar-refractivity contribution in [2.45, 2.75) is 65.0 Å². The molecule has 2 rings (SSSR count). The average Bonchev–Trinajstić information content (AvgIpc) is 2.64. The Bertz CT molecular complexity index is 638. The van der Waals surface area contributed by atoms with E-state index in [1.54, 1.807) is 0 Å². The van der Waals surface area contributed by atoms with Gasteiger partial charge in [-0.1, -0.05) is 31.4 Å². The molecule has 0 aromatic heterocycles. The molecule has 144 valence electrons. The van der Waals surface area contributed by atoms with Crippen molar-refractivity contribution in [1.82, 2.24) is 9.80 Å². The maximum Gasteiger partial charge on any atom is 0.239 e. The van der Waals surface area contributed by atoms with Gasteiger partial charge in [0.2, 0.25) is 11.8 Å². The minimum absolute atomic E-state index is 0.0961. The summed E-state index contributed by atoms with van der Waals surface area (Å²) in [5.41, 5.74) is 3.06. The number of nitrogens with one attached hydrogen (secondary N) is 1. The fourth-order valence-corrected chi connectivity index (χ4v) is 3.57. The first kappa shape index (κ1) is 20.4. The van der Waals surface area contributed by atoms with Gasteiger partial charge in [-0.15, -0.1) is 0 Å². The molecule has 0 saturated heterocycles. The molecule has 1 fully saturated rings. The fraction of sp³-hybridized carbons (Fsp3) is 0.619. The van der Waals surface area contributed by atoms with E-state index in [1.807, 2.05) is 62.9 Å². The van der Waals surface area contributed by atoms with Crippen LogP contribution in [0.4, 0.5) is 5.69 Å². The molecule has 2 amide bonds. The summed E-state index contributed by atoms with van der Waals surface area (Å²) < 4.78 is 0. The van der Waals surface area contributed by atoms with Gasteiger partial charge in [0.15, 0.2) is 0 Å². The summed E-state index contributed by atoms with van der Waals surface area (Å²) in [6, 6.07) is 5.90. The van der Waals surface area contributed by atoms with Crippen LogP contribution >= 0.6 is 0 Å². The largest absolute Gasteiger partial charge is 0.341 e. The van der Waals surface area contributed by atoms with Gasteiger partial charge in [-0.05, 0) is 57.9 Å². The Hall–Kier alpha value is -1.88. The van der Waals surface area contributed by atoms with Crippen LogP contribution in [0, 0.1) is 13.8 Å². The quantitative estimate of drug-likeness (QED) is 0.847. The number of likely N-dealkylation sites (N-methyl/N-ethyl adjacent to an activating group) is 2. The van der Waals surface area contributed by atoms with E-state index in [4.69, 9.17) is 0 Å². The summed E-state index contributed by atoms with van der Waals surface area (Å²) in [5, 5.41) is 2.96. The zero-order valence-corrected chi connectivity index (χ0v) is 16.8. The van der Waals surface area contributed by atoms with Crippen molar-refractivity contribution in [1.29, 1.82) is 0 Å². The molecule has 1 aliphatic rings. The van der Waals surface area contributed by atoms with Crippen molar-refractivity contribution >= 4 is 17.5 Å². The molecular weight excluding hydrogens is 326 g/mol. The monoisotopic (exact) mass is 359 g/mol. The van der Waals surface area contributed by atoms with Crippen molar-refractivity contribution in [3.63, 3.8) is 0 Å². The van der Waals surface area contributed by atoms with Crippen molar-refractivity contribution in [3.8, 4) is 0 Å². The molecule has 1 atom stereocenters. The lowest BCUT2D eigenvalue weighted by atomic mass is 9.94. The van der Waals surface area contributed by atoms with E-state index in [2.05, 4.69) is 5.32 Å². The van der Waals surface area contributed by atoms with Crippen molar-refractivity contribution in [3.05, 3.63) is 29.3 Å². The summed E-state index contributed by atoms with van der Waals surface area (Å²) in [6.07, 6.45) is 5.85. The molecule has 0 bridgehead atoms. The van der Waals surface area contributed by atoms with Crippen LogP contribution in [-0.2, 0) is 9.59 Å². The van der Waals surface area contributed by atoms with Crippen molar-refractivity contribution < 1.29 is 9.59 Å². The van der Waals surface area contributed by atoms with Crippen LogP contribution in [0.2, 0.25) is 0 Å². The van der Waals surface area contributed by atoms with E-state index in [-0.39, 0.29) is 24.4 Å². The first-order chi connectivity index (χ1) is 12.3. The van der Waals surface area contributed by atoms with E-state index < -0.39 is 0 Å². The van der Waals surface area contributed by atoms with Crippen LogP contribution in [-0.4, -0.2) is 54.3 Å². The highest BCUT2D eigenvalue weighted by atomic mass is 16.2. The predicted molar refractivity (Wildman–Crippen MR) is 106 cm³/mol. The van der Waals surface area contributed by atoms with Crippen LogP contribution in [0.1, 0.15) is 50.2 Å². The number of benzene rings is 1. The molecule has 1 N–H and O–H groups in total. The third-order valence-electron chi connectivity index (χ3n) is 5.76. The summed E-state index contributed by atoms with van der Waals surface area (Å²) in [4.78, 5) is 28.9. The SMILES string of the molecule is Cc1cccc(NC(=O)CN(C)[C@H](C)C(=O)N(C)C2CCCCC2)c1C. The Labute approximate surface area is 157 Å². The normalized spacial score (nSPS) is 16.4. The number of carbonyl (C=O) groups is 2. The molecule has 5 heteroatoms. The minimum atomic E-state index is -0.314. The minimum Gasteiger partial charge on any atom is -0.341 e. The molecule has 1 aliphatic carbocycles.